The molecule has 0 bridgehead atoms. The number of aromatic nitrogens is 1. The van der Waals surface area contributed by atoms with Crippen LogP contribution in [0.5, 0.6) is 0 Å². The van der Waals surface area contributed by atoms with Crippen LogP contribution in [0.3, 0.4) is 0 Å². The first-order valence-corrected chi connectivity index (χ1v) is 8.90. The highest BCUT2D eigenvalue weighted by Crippen LogP contribution is 2.32. The second kappa shape index (κ2) is 8.31. The summed E-state index contributed by atoms with van der Waals surface area (Å²) in [7, 11) is 0. The summed E-state index contributed by atoms with van der Waals surface area (Å²) in [5.41, 5.74) is 0.441. The number of hydrogen-bond acceptors (Lipinski definition) is 6. The van der Waals surface area contributed by atoms with Crippen molar-refractivity contribution in [3.8, 4) is 0 Å². The maximum atomic E-state index is 11.6. The molecule has 9 heteroatoms. The summed E-state index contributed by atoms with van der Waals surface area (Å²) in [5.74, 6) is 0. The van der Waals surface area contributed by atoms with E-state index in [2.05, 4.69) is 31.5 Å². The quantitative estimate of drug-likeness (QED) is 0.408. The zero-order valence-electron chi connectivity index (χ0n) is 14.8. The number of hydrogen-bond donors (Lipinski definition) is 2. The third-order valence-corrected chi connectivity index (χ3v) is 3.82. The maximum absolute atomic E-state index is 11.6. The van der Waals surface area contributed by atoms with E-state index in [1.54, 1.807) is 32.9 Å². The average Bonchev–Trinajstić information content (AvgIpc) is 2.52. The van der Waals surface area contributed by atoms with Crippen LogP contribution < -0.4 is 10.6 Å². The first-order valence-electron chi connectivity index (χ1n) is 8.11. The van der Waals surface area contributed by atoms with Gasteiger partial charge in [0.05, 0.1) is 10.4 Å². The molecule has 8 nitrogen and oxygen atoms in total. The lowest BCUT2D eigenvalue weighted by Gasteiger charge is -2.19. The molecule has 1 heterocycles. The van der Waals surface area contributed by atoms with Gasteiger partial charge in [-0.1, -0.05) is 15.9 Å². The van der Waals surface area contributed by atoms with Crippen molar-refractivity contribution in [2.45, 2.75) is 32.8 Å². The third kappa shape index (κ3) is 5.55. The Bertz CT molecular complexity index is 820. The number of carbonyl (C=O) groups is 1. The van der Waals surface area contributed by atoms with Gasteiger partial charge in [-0.3, -0.25) is 10.1 Å². The fourth-order valence-corrected chi connectivity index (χ4v) is 2.64. The number of benzene rings is 1. The van der Waals surface area contributed by atoms with E-state index >= 15 is 0 Å². The van der Waals surface area contributed by atoms with Crippen LogP contribution in [0, 0.1) is 10.1 Å². The Labute approximate surface area is 159 Å². The lowest BCUT2D eigenvalue weighted by molar-refractivity contribution is -0.384. The molecule has 0 saturated carbocycles. The number of amides is 1. The van der Waals surface area contributed by atoms with Crippen molar-refractivity contribution in [2.75, 3.05) is 18.4 Å². The van der Waals surface area contributed by atoms with E-state index in [1.165, 1.54) is 6.20 Å². The van der Waals surface area contributed by atoms with Crippen LogP contribution in [0.4, 0.5) is 16.2 Å². The molecular weight excluding hydrogens is 404 g/mol. The van der Waals surface area contributed by atoms with Gasteiger partial charge in [0.15, 0.2) is 0 Å². The Hall–Kier alpha value is -2.42. The topological polar surface area (TPSA) is 106 Å². The fraction of sp³-hybridized carbons (Fsp3) is 0.412. The van der Waals surface area contributed by atoms with Crippen LogP contribution in [0.2, 0.25) is 0 Å². The molecular formula is C17H21BrN4O4. The van der Waals surface area contributed by atoms with Crippen molar-refractivity contribution in [3.63, 3.8) is 0 Å². The van der Waals surface area contributed by atoms with Gasteiger partial charge in [0.2, 0.25) is 0 Å². The number of alkyl carbamates (subject to hydrolysis) is 1. The first kappa shape index (κ1) is 19.9. The number of nitrogens with one attached hydrogen (secondary N) is 2. The molecule has 2 rings (SSSR count). The van der Waals surface area contributed by atoms with E-state index in [4.69, 9.17) is 4.74 Å². The Morgan fingerprint density at radius 2 is 2.08 bits per heavy atom. The summed E-state index contributed by atoms with van der Waals surface area (Å²) in [6, 6.07) is 5.39. The number of nitrogens with zero attached hydrogens (tertiary/aromatic N) is 2. The molecule has 0 fully saturated rings. The summed E-state index contributed by atoms with van der Waals surface area (Å²) in [6.07, 6.45) is 1.34. The molecule has 0 saturated heterocycles. The number of halogens is 1. The Kier molecular flexibility index (Phi) is 6.36. The minimum Gasteiger partial charge on any atom is -0.444 e. The number of ether oxygens (including phenoxy) is 1. The molecule has 1 aromatic carbocycles. The molecule has 1 amide bonds. The molecule has 0 aliphatic rings. The second-order valence-electron chi connectivity index (χ2n) is 6.65. The van der Waals surface area contributed by atoms with Gasteiger partial charge in [-0.05, 0) is 45.4 Å². The van der Waals surface area contributed by atoms with Crippen LogP contribution >= 0.6 is 15.9 Å². The van der Waals surface area contributed by atoms with Crippen molar-refractivity contribution in [1.29, 1.82) is 0 Å². The summed E-state index contributed by atoms with van der Waals surface area (Å²) in [4.78, 5) is 26.6. The Morgan fingerprint density at radius 3 is 2.73 bits per heavy atom. The zero-order chi connectivity index (χ0) is 19.3. The van der Waals surface area contributed by atoms with Crippen molar-refractivity contribution < 1.29 is 14.5 Å². The van der Waals surface area contributed by atoms with Crippen molar-refractivity contribution in [2.24, 2.45) is 0 Å². The fourth-order valence-electron chi connectivity index (χ4n) is 2.29. The molecule has 140 valence electrons. The monoisotopic (exact) mass is 424 g/mol. The van der Waals surface area contributed by atoms with E-state index < -0.39 is 16.6 Å². The SMILES string of the molecule is CC(C)(C)OC(=O)NCCCNc1c([N+](=O)[O-])cnc2cc(Br)ccc12. The predicted molar refractivity (Wildman–Crippen MR) is 103 cm³/mol. The molecule has 2 N–H and O–H groups in total. The number of fused-ring (bicyclic) bond motifs is 1. The Morgan fingerprint density at radius 1 is 1.35 bits per heavy atom. The molecule has 0 unspecified atom stereocenters. The highest BCUT2D eigenvalue weighted by atomic mass is 79.9. The van der Waals surface area contributed by atoms with Gasteiger partial charge in [-0.15, -0.1) is 0 Å². The second-order valence-corrected chi connectivity index (χ2v) is 7.56. The summed E-state index contributed by atoms with van der Waals surface area (Å²) in [6.45, 7) is 6.22. The van der Waals surface area contributed by atoms with Gasteiger partial charge >= 0.3 is 11.8 Å². The molecule has 0 radical (unpaired) electrons. The first-order chi connectivity index (χ1) is 12.2. The standard InChI is InChI=1S/C17H21BrN4O4/c1-17(2,3)26-16(23)20-8-4-7-19-15-12-6-5-11(18)9-13(12)21-10-14(15)22(24)25/h5-6,9-10H,4,7-8H2,1-3H3,(H,19,21)(H,20,23). The molecule has 26 heavy (non-hydrogen) atoms. The van der Waals surface area contributed by atoms with E-state index in [-0.39, 0.29) is 5.69 Å². The molecule has 2 aromatic rings. The normalized spacial score (nSPS) is 11.2. The van der Waals surface area contributed by atoms with Gasteiger partial charge in [0.25, 0.3) is 0 Å². The molecule has 0 spiro atoms. The predicted octanol–water partition coefficient (Wildman–Crippen LogP) is 4.23. The molecule has 0 aliphatic carbocycles. The lowest BCUT2D eigenvalue weighted by Crippen LogP contribution is -2.33. The van der Waals surface area contributed by atoms with E-state index in [0.29, 0.717) is 36.1 Å². The largest absolute Gasteiger partial charge is 0.444 e. The minimum atomic E-state index is -0.548. The van der Waals surface area contributed by atoms with E-state index in [9.17, 15) is 14.9 Å². The van der Waals surface area contributed by atoms with Crippen LogP contribution in [0.15, 0.2) is 28.9 Å². The number of carbonyl (C=O) groups excluding carboxylic acids is 1. The number of rotatable bonds is 6. The summed E-state index contributed by atoms with van der Waals surface area (Å²) >= 11 is 3.37. The summed E-state index contributed by atoms with van der Waals surface area (Å²) < 4.78 is 6.00. The zero-order valence-corrected chi connectivity index (χ0v) is 16.4. The van der Waals surface area contributed by atoms with Crippen molar-refractivity contribution in [1.82, 2.24) is 10.3 Å². The molecule has 0 atom stereocenters. The van der Waals surface area contributed by atoms with Gasteiger partial charge < -0.3 is 15.4 Å². The van der Waals surface area contributed by atoms with E-state index in [0.717, 1.165) is 4.47 Å². The average molecular weight is 425 g/mol. The van der Waals surface area contributed by atoms with E-state index in [1.807, 2.05) is 6.07 Å². The van der Waals surface area contributed by atoms with Gasteiger partial charge in [0.1, 0.15) is 17.5 Å². The molecule has 1 aromatic heterocycles. The molecule has 0 aliphatic heterocycles. The minimum absolute atomic E-state index is 0.0834. The highest BCUT2D eigenvalue weighted by molar-refractivity contribution is 9.10. The van der Waals surface area contributed by atoms with Crippen LogP contribution in [0.1, 0.15) is 27.2 Å². The van der Waals surface area contributed by atoms with Gasteiger partial charge in [-0.2, -0.15) is 0 Å². The van der Waals surface area contributed by atoms with Crippen LogP contribution in [0.25, 0.3) is 10.9 Å². The Balaban J connectivity index is 2.00. The van der Waals surface area contributed by atoms with Crippen LogP contribution in [-0.2, 0) is 4.74 Å². The van der Waals surface area contributed by atoms with Crippen LogP contribution in [-0.4, -0.2) is 34.7 Å². The number of pyridine rings is 1. The van der Waals surface area contributed by atoms with Crippen molar-refractivity contribution in [3.05, 3.63) is 39.0 Å². The summed E-state index contributed by atoms with van der Waals surface area (Å²) in [5, 5.41) is 17.7. The number of anilines is 1. The van der Waals surface area contributed by atoms with Gasteiger partial charge in [-0.25, -0.2) is 9.78 Å². The van der Waals surface area contributed by atoms with Gasteiger partial charge in [0, 0.05) is 22.9 Å². The maximum Gasteiger partial charge on any atom is 0.407 e. The lowest BCUT2D eigenvalue weighted by atomic mass is 10.1. The third-order valence-electron chi connectivity index (χ3n) is 3.33. The number of nitro groups is 1. The van der Waals surface area contributed by atoms with Crippen molar-refractivity contribution >= 4 is 44.3 Å². The smallest absolute Gasteiger partial charge is 0.407 e. The highest BCUT2D eigenvalue weighted by Gasteiger charge is 2.18.